The Bertz CT molecular complexity index is 511. The Morgan fingerprint density at radius 1 is 1.35 bits per heavy atom. The van der Waals surface area contributed by atoms with Crippen molar-refractivity contribution in [1.29, 1.82) is 0 Å². The maximum Gasteiger partial charge on any atom is 0.138 e. The maximum absolute atomic E-state index is 13.6. The number of nitrogens with two attached hydrogens (primary N) is 1. The summed E-state index contributed by atoms with van der Waals surface area (Å²) in [6.07, 6.45) is 0. The van der Waals surface area contributed by atoms with E-state index in [0.29, 0.717) is 16.1 Å². The van der Waals surface area contributed by atoms with Crippen LogP contribution in [-0.2, 0) is 6.54 Å². The molecule has 1 aliphatic rings. The van der Waals surface area contributed by atoms with Crippen LogP contribution >= 0.6 is 11.8 Å². The normalized spacial score (nSPS) is 23.2. The minimum Gasteiger partial charge on any atom is -0.320 e. The minimum atomic E-state index is -0.273. The van der Waals surface area contributed by atoms with E-state index in [1.807, 2.05) is 23.9 Å². The van der Waals surface area contributed by atoms with Gasteiger partial charge in [0.15, 0.2) is 0 Å². The first-order valence-electron chi connectivity index (χ1n) is 6.93. The molecule has 2 nitrogen and oxygen atoms in total. The molecule has 0 amide bonds. The van der Waals surface area contributed by atoms with Gasteiger partial charge >= 0.3 is 0 Å². The van der Waals surface area contributed by atoms with Crippen LogP contribution in [0.2, 0.25) is 0 Å². The fourth-order valence-electron chi connectivity index (χ4n) is 2.58. The van der Waals surface area contributed by atoms with Gasteiger partial charge in [0, 0.05) is 30.1 Å². The second kappa shape index (κ2) is 7.12. The van der Waals surface area contributed by atoms with Gasteiger partial charge in [0.25, 0.3) is 0 Å². The molecule has 0 aromatic heterocycles. The number of halogens is 1. The third-order valence-electron chi connectivity index (χ3n) is 3.26. The molecule has 1 aromatic rings. The van der Waals surface area contributed by atoms with Crippen molar-refractivity contribution in [2.75, 3.05) is 19.6 Å². The number of hydrogen-bond acceptors (Lipinski definition) is 3. The molecule has 0 bridgehead atoms. The van der Waals surface area contributed by atoms with E-state index in [1.54, 1.807) is 0 Å². The van der Waals surface area contributed by atoms with Gasteiger partial charge in [-0.2, -0.15) is 11.8 Å². The van der Waals surface area contributed by atoms with Gasteiger partial charge in [0.1, 0.15) is 5.82 Å². The molecule has 1 aromatic carbocycles. The molecule has 1 saturated heterocycles. The molecule has 20 heavy (non-hydrogen) atoms. The molecular formula is C16H21FN2S. The van der Waals surface area contributed by atoms with Crippen LogP contribution in [0.3, 0.4) is 0 Å². The SMILES string of the molecule is CC1CN(Cc2ccc(F)c(C#CCN)c2)CC(C)S1. The first-order valence-corrected chi connectivity index (χ1v) is 7.88. The lowest BCUT2D eigenvalue weighted by Crippen LogP contribution is -2.39. The van der Waals surface area contributed by atoms with Gasteiger partial charge in [-0.15, -0.1) is 0 Å². The van der Waals surface area contributed by atoms with Gasteiger partial charge in [0.05, 0.1) is 12.1 Å². The zero-order valence-electron chi connectivity index (χ0n) is 12.0. The Labute approximate surface area is 124 Å². The van der Waals surface area contributed by atoms with Crippen LogP contribution < -0.4 is 5.73 Å². The first kappa shape index (κ1) is 15.4. The molecule has 2 atom stereocenters. The Morgan fingerprint density at radius 3 is 2.70 bits per heavy atom. The lowest BCUT2D eigenvalue weighted by molar-refractivity contribution is 0.263. The highest BCUT2D eigenvalue weighted by Crippen LogP contribution is 2.25. The molecular weight excluding hydrogens is 271 g/mol. The van der Waals surface area contributed by atoms with Crippen molar-refractivity contribution < 1.29 is 4.39 Å². The summed E-state index contributed by atoms with van der Waals surface area (Å²) in [6, 6.07) is 5.19. The molecule has 0 radical (unpaired) electrons. The van der Waals surface area contributed by atoms with Gasteiger partial charge in [-0.25, -0.2) is 4.39 Å². The molecule has 0 saturated carbocycles. The largest absolute Gasteiger partial charge is 0.320 e. The molecule has 108 valence electrons. The topological polar surface area (TPSA) is 29.3 Å². The highest BCUT2D eigenvalue weighted by molar-refractivity contribution is 8.00. The molecule has 1 aliphatic heterocycles. The van der Waals surface area contributed by atoms with Crippen LogP contribution in [0.4, 0.5) is 4.39 Å². The number of thioether (sulfide) groups is 1. The average Bonchev–Trinajstić information content (AvgIpc) is 2.38. The molecule has 2 unspecified atom stereocenters. The lowest BCUT2D eigenvalue weighted by atomic mass is 10.1. The van der Waals surface area contributed by atoms with E-state index in [1.165, 1.54) is 6.07 Å². The smallest absolute Gasteiger partial charge is 0.138 e. The van der Waals surface area contributed by atoms with Crippen LogP contribution in [0.1, 0.15) is 25.0 Å². The summed E-state index contributed by atoms with van der Waals surface area (Å²) < 4.78 is 13.6. The van der Waals surface area contributed by atoms with E-state index in [-0.39, 0.29) is 12.4 Å². The third kappa shape index (κ3) is 4.24. The molecule has 2 N–H and O–H groups in total. The predicted molar refractivity (Wildman–Crippen MR) is 84.1 cm³/mol. The van der Waals surface area contributed by atoms with E-state index in [4.69, 9.17) is 5.73 Å². The van der Waals surface area contributed by atoms with Gasteiger partial charge < -0.3 is 5.73 Å². The van der Waals surface area contributed by atoms with Gasteiger partial charge in [-0.3, -0.25) is 4.90 Å². The lowest BCUT2D eigenvalue weighted by Gasteiger charge is -2.34. The predicted octanol–water partition coefficient (Wildman–Crippen LogP) is 2.46. The third-order valence-corrected chi connectivity index (χ3v) is 4.48. The van der Waals surface area contributed by atoms with E-state index < -0.39 is 0 Å². The summed E-state index contributed by atoms with van der Waals surface area (Å²) in [5.74, 6) is 5.23. The van der Waals surface area contributed by atoms with E-state index in [9.17, 15) is 4.39 Å². The van der Waals surface area contributed by atoms with Crippen molar-refractivity contribution in [3.05, 3.63) is 35.1 Å². The van der Waals surface area contributed by atoms with Gasteiger partial charge in [0.2, 0.25) is 0 Å². The van der Waals surface area contributed by atoms with E-state index in [2.05, 4.69) is 30.6 Å². The fraction of sp³-hybridized carbons (Fsp3) is 0.500. The van der Waals surface area contributed by atoms with Crippen LogP contribution in [-0.4, -0.2) is 35.0 Å². The first-order chi connectivity index (χ1) is 9.58. The summed E-state index contributed by atoms with van der Waals surface area (Å²) >= 11 is 2.03. The van der Waals surface area contributed by atoms with Crippen molar-refractivity contribution in [3.8, 4) is 11.8 Å². The molecule has 1 fully saturated rings. The summed E-state index contributed by atoms with van der Waals surface area (Å²) in [7, 11) is 0. The zero-order valence-corrected chi connectivity index (χ0v) is 12.8. The zero-order chi connectivity index (χ0) is 14.5. The van der Waals surface area contributed by atoms with Crippen molar-refractivity contribution in [3.63, 3.8) is 0 Å². The number of nitrogens with zero attached hydrogens (tertiary/aromatic N) is 1. The van der Waals surface area contributed by atoms with Crippen molar-refractivity contribution >= 4 is 11.8 Å². The van der Waals surface area contributed by atoms with Gasteiger partial charge in [-0.1, -0.05) is 31.8 Å². The highest BCUT2D eigenvalue weighted by Gasteiger charge is 2.22. The second-order valence-corrected chi connectivity index (χ2v) is 7.15. The molecule has 0 aliphatic carbocycles. The summed E-state index contributed by atoms with van der Waals surface area (Å²) in [5.41, 5.74) is 6.89. The van der Waals surface area contributed by atoms with Crippen LogP contribution in [0.25, 0.3) is 0 Å². The highest BCUT2D eigenvalue weighted by atomic mass is 32.2. The second-order valence-electron chi connectivity index (χ2n) is 5.27. The van der Waals surface area contributed by atoms with E-state index in [0.717, 1.165) is 25.2 Å². The Balaban J connectivity index is 2.09. The van der Waals surface area contributed by atoms with Crippen molar-refractivity contribution in [1.82, 2.24) is 4.90 Å². The van der Waals surface area contributed by atoms with Gasteiger partial charge in [-0.05, 0) is 17.7 Å². The summed E-state index contributed by atoms with van der Waals surface area (Å²) in [4.78, 5) is 2.43. The average molecular weight is 292 g/mol. The molecule has 2 rings (SSSR count). The number of rotatable bonds is 2. The summed E-state index contributed by atoms with van der Waals surface area (Å²) in [6.45, 7) is 7.79. The summed E-state index contributed by atoms with van der Waals surface area (Å²) in [5, 5.41) is 1.30. The van der Waals surface area contributed by atoms with Crippen molar-refractivity contribution in [2.45, 2.75) is 30.9 Å². The number of benzene rings is 1. The quantitative estimate of drug-likeness (QED) is 0.849. The number of hydrogen-bond donors (Lipinski definition) is 1. The molecule has 4 heteroatoms. The Kier molecular flexibility index (Phi) is 5.47. The Morgan fingerprint density at radius 2 is 2.05 bits per heavy atom. The fourth-order valence-corrected chi connectivity index (χ4v) is 3.97. The maximum atomic E-state index is 13.6. The standard InChI is InChI=1S/C16H21FN2S/c1-12-9-19(10-13(2)20-12)11-14-5-6-16(17)15(8-14)4-3-7-18/h5-6,8,12-13H,7,9-11,18H2,1-2H3. The van der Waals surface area contributed by atoms with Crippen LogP contribution in [0.5, 0.6) is 0 Å². The van der Waals surface area contributed by atoms with Crippen LogP contribution in [0, 0.1) is 17.7 Å². The monoisotopic (exact) mass is 292 g/mol. The molecule has 1 heterocycles. The van der Waals surface area contributed by atoms with Crippen molar-refractivity contribution in [2.24, 2.45) is 5.73 Å². The molecule has 0 spiro atoms. The van der Waals surface area contributed by atoms with E-state index >= 15 is 0 Å². The Hall–Kier alpha value is -1.02. The minimum absolute atomic E-state index is 0.252. The van der Waals surface area contributed by atoms with Crippen LogP contribution in [0.15, 0.2) is 18.2 Å².